The molecule has 0 spiro atoms. The van der Waals surface area contributed by atoms with E-state index in [1.807, 2.05) is 31.2 Å². The van der Waals surface area contributed by atoms with E-state index in [4.69, 9.17) is 22.9 Å². The smallest absolute Gasteiger partial charge is 0.264 e. The van der Waals surface area contributed by atoms with E-state index in [1.165, 1.54) is 6.92 Å². The second kappa shape index (κ2) is 38.0. The van der Waals surface area contributed by atoms with Gasteiger partial charge in [-0.05, 0) is 173 Å². The van der Waals surface area contributed by atoms with E-state index in [0.29, 0.717) is 69.9 Å². The molecule has 552 valence electrons. The van der Waals surface area contributed by atoms with Gasteiger partial charge >= 0.3 is 0 Å². The number of nitrogens with zero attached hydrogens (tertiary/aromatic N) is 2. The first-order valence-corrected chi connectivity index (χ1v) is 36.1. The summed E-state index contributed by atoms with van der Waals surface area (Å²) in [5.74, 6) is -4.73. The number of benzene rings is 2. The molecular formula is C72H112N16O12. The Hall–Kier alpha value is -8.21. The summed E-state index contributed by atoms with van der Waals surface area (Å²) in [7, 11) is 0. The van der Waals surface area contributed by atoms with Crippen LogP contribution in [-0.2, 0) is 56.0 Å². The standard InChI is InChI=1S/C72H112N16O12/c1-6-7-20-53(84-62(94)41-82-81-40-61(93)78-33-16-32-77-60(92)27-24-42(2)49-25-26-50-63-51(38-59(91)72(49,50)5)71(4)29-28-47(89)36-46(71)37-58(63)90)66(97)83-43(3)65(96)85-54(22-13-14-30-73)68(99)88-57(34-44-17-9-8-10-18-44)69(100)86-55(23-15-31-79-70(75)76)67(98)87-56(64(74)95)35-45-39-80-52-21-12-11-19-48(45)52/h8-12,17-19,21,39-40,42-43,46-47,49-51,53-59,63,80,82,89-91H,6-7,13-16,20,22-38,41,73H2,1-5H3,(H2,74,95)(H,77,92)(H,78,93)(H,83,97)(H,84,94)(H,85,96)(H,86,100)(H,87,98)(H,88,99)(H4,75,76,79)/b81-40+/t42-,43+,46+,47-,49-,50+,51+,53+,54+,55+,56+,57-,58-,59+,63+,71+,72-/m1/s1. The van der Waals surface area contributed by atoms with E-state index in [0.717, 1.165) is 54.8 Å². The highest BCUT2D eigenvalue weighted by atomic mass is 16.3. The number of aliphatic hydroxyl groups is 3. The molecule has 0 radical (unpaired) electrons. The molecule has 9 amide bonds. The van der Waals surface area contributed by atoms with Crippen molar-refractivity contribution in [3.63, 3.8) is 0 Å². The number of primary amides is 1. The van der Waals surface area contributed by atoms with Gasteiger partial charge in [0.15, 0.2) is 5.96 Å². The van der Waals surface area contributed by atoms with Gasteiger partial charge in [-0.2, -0.15) is 5.10 Å². The molecule has 28 heteroatoms. The predicted octanol–water partition coefficient (Wildman–Crippen LogP) is 1.32. The van der Waals surface area contributed by atoms with Gasteiger partial charge in [0.25, 0.3) is 5.91 Å². The summed E-state index contributed by atoms with van der Waals surface area (Å²) >= 11 is 0. The number of fused-ring (bicyclic) bond motifs is 6. The van der Waals surface area contributed by atoms with Crippen molar-refractivity contribution in [3.8, 4) is 0 Å². The molecule has 1 heterocycles. The van der Waals surface area contributed by atoms with Crippen LogP contribution < -0.4 is 70.9 Å². The topological polar surface area (TPSA) is 467 Å². The number of aliphatic hydroxyl groups excluding tert-OH is 3. The predicted molar refractivity (Wildman–Crippen MR) is 380 cm³/mol. The number of guanidine groups is 1. The van der Waals surface area contributed by atoms with Gasteiger partial charge < -0.3 is 91.2 Å². The van der Waals surface area contributed by atoms with Crippen LogP contribution in [0.25, 0.3) is 10.9 Å². The maximum atomic E-state index is 14.5. The lowest BCUT2D eigenvalue weighted by Crippen LogP contribution is -2.62. The average Bonchev–Trinajstić information content (AvgIpc) is 1.35. The van der Waals surface area contributed by atoms with Gasteiger partial charge in [-0.25, -0.2) is 0 Å². The molecule has 3 aromatic rings. The van der Waals surface area contributed by atoms with Gasteiger partial charge in [0.2, 0.25) is 47.3 Å². The lowest BCUT2D eigenvalue weighted by molar-refractivity contribution is -0.207. The highest BCUT2D eigenvalue weighted by Gasteiger charge is 2.66. The van der Waals surface area contributed by atoms with Crippen LogP contribution in [0.15, 0.2) is 70.9 Å². The van der Waals surface area contributed by atoms with Gasteiger partial charge in [-0.3, -0.25) is 48.1 Å². The lowest BCUT2D eigenvalue weighted by atomic mass is 9.43. The van der Waals surface area contributed by atoms with Crippen molar-refractivity contribution < 1.29 is 58.5 Å². The molecule has 0 saturated heterocycles. The molecule has 100 heavy (non-hydrogen) atoms. The Morgan fingerprint density at radius 2 is 1.30 bits per heavy atom. The molecule has 4 aliphatic carbocycles. The number of amides is 9. The zero-order chi connectivity index (χ0) is 72.7. The number of nitrogens with two attached hydrogens (primary N) is 4. The third-order valence-electron chi connectivity index (χ3n) is 21.9. The van der Waals surface area contributed by atoms with Crippen LogP contribution in [0.1, 0.15) is 161 Å². The number of hydrazone groups is 1. The minimum Gasteiger partial charge on any atom is -0.393 e. The number of aromatic amines is 1. The minimum atomic E-state index is -1.32. The van der Waals surface area contributed by atoms with E-state index >= 15 is 0 Å². The van der Waals surface area contributed by atoms with Crippen molar-refractivity contribution in [2.75, 3.05) is 32.7 Å². The average molecular weight is 1390 g/mol. The van der Waals surface area contributed by atoms with E-state index in [-0.39, 0.29) is 122 Å². The first-order chi connectivity index (χ1) is 47.8. The molecule has 2 aromatic carbocycles. The van der Waals surface area contributed by atoms with Crippen molar-refractivity contribution in [2.24, 2.45) is 79.4 Å². The van der Waals surface area contributed by atoms with Gasteiger partial charge in [0, 0.05) is 56.0 Å². The monoisotopic (exact) mass is 1390 g/mol. The summed E-state index contributed by atoms with van der Waals surface area (Å²) in [5.41, 5.74) is 27.1. The fourth-order valence-corrected chi connectivity index (χ4v) is 16.3. The Bertz CT molecular complexity index is 3290. The number of unbranched alkanes of at least 4 members (excludes halogenated alkanes) is 2. The van der Waals surface area contributed by atoms with Crippen molar-refractivity contribution >= 4 is 76.2 Å². The normalized spacial score (nSPS) is 25.1. The fraction of sp³-hybridized carbons (Fsp3) is 0.653. The van der Waals surface area contributed by atoms with Crippen LogP contribution in [0.2, 0.25) is 0 Å². The quantitative estimate of drug-likeness (QED) is 0.0166. The van der Waals surface area contributed by atoms with Crippen LogP contribution in [0, 0.1) is 46.3 Å². The maximum Gasteiger partial charge on any atom is 0.264 e. The van der Waals surface area contributed by atoms with Gasteiger partial charge in [0.05, 0.1) is 18.3 Å². The SMILES string of the molecule is CCCC[C@H](NC(=O)CN/N=C/C(=O)NCCCNC(=O)CC[C@@H](C)[C@H]1CC[C@H]2[C@@H]3[C@H](O)C[C@@H]4C[C@H](O)CC[C@]4(C)[C@H]3C[C@H](O)[C@]12C)C(=O)N[C@@H](C)C(=O)N[C@@H](CCCCN)C(=O)N[C@H](Cc1ccccc1)C(=O)N[C@@H](CCCN=C(N)N)C(=O)N[C@@H](Cc1c[nH]c2ccccc12)C(N)=O. The molecule has 7 rings (SSSR count). The number of aromatic nitrogens is 1. The summed E-state index contributed by atoms with van der Waals surface area (Å²) in [6, 6.07) is 8.91. The number of H-pyrrole nitrogens is 1. The number of nitrogens with one attached hydrogen (secondary N) is 10. The van der Waals surface area contributed by atoms with Crippen molar-refractivity contribution in [3.05, 3.63) is 71.9 Å². The second-order valence-corrected chi connectivity index (χ2v) is 28.8. The van der Waals surface area contributed by atoms with Crippen LogP contribution in [0.5, 0.6) is 0 Å². The molecular weight excluding hydrogens is 1280 g/mol. The fourth-order valence-electron chi connectivity index (χ4n) is 16.3. The lowest BCUT2D eigenvalue weighted by Gasteiger charge is -2.63. The largest absolute Gasteiger partial charge is 0.393 e. The Labute approximate surface area is 586 Å². The minimum absolute atomic E-state index is 0.000762. The molecule has 21 N–H and O–H groups in total. The molecule has 0 aliphatic heterocycles. The summed E-state index contributed by atoms with van der Waals surface area (Å²) in [5, 5.41) is 60.7. The molecule has 4 aliphatic rings. The molecule has 28 nitrogen and oxygen atoms in total. The summed E-state index contributed by atoms with van der Waals surface area (Å²) in [6.07, 6.45) is 11.1. The van der Waals surface area contributed by atoms with Crippen LogP contribution in [0.4, 0.5) is 0 Å². The Morgan fingerprint density at radius 3 is 2.01 bits per heavy atom. The number of aliphatic imine (C=N–C) groups is 1. The number of para-hydroxylation sites is 1. The van der Waals surface area contributed by atoms with E-state index in [1.54, 1.807) is 36.5 Å². The van der Waals surface area contributed by atoms with Crippen LogP contribution in [-0.4, -0.2) is 173 Å². The number of hydrogen-bond donors (Lipinski definition) is 17. The van der Waals surface area contributed by atoms with E-state index in [2.05, 4.69) is 83.8 Å². The number of carbonyl (C=O) groups is 9. The molecule has 0 bridgehead atoms. The second-order valence-electron chi connectivity index (χ2n) is 28.8. The first-order valence-electron chi connectivity index (χ1n) is 36.1. The highest BCUT2D eigenvalue weighted by Crippen LogP contribution is 2.68. The van der Waals surface area contributed by atoms with Crippen molar-refractivity contribution in [1.29, 1.82) is 0 Å². The number of hydrogen-bond acceptors (Lipinski definition) is 16. The summed E-state index contributed by atoms with van der Waals surface area (Å²) < 4.78 is 0. The summed E-state index contributed by atoms with van der Waals surface area (Å²) in [4.78, 5) is 130. The third-order valence-corrected chi connectivity index (χ3v) is 21.9. The maximum absolute atomic E-state index is 14.5. The van der Waals surface area contributed by atoms with Crippen LogP contribution in [0.3, 0.4) is 0 Å². The van der Waals surface area contributed by atoms with E-state index < -0.39 is 102 Å². The van der Waals surface area contributed by atoms with Gasteiger partial charge in [0.1, 0.15) is 49.0 Å². The molecule has 0 unspecified atom stereocenters. The Kier molecular flexibility index (Phi) is 30.1. The summed E-state index contributed by atoms with van der Waals surface area (Å²) in [6.45, 7) is 10.6. The first kappa shape index (κ1) is 79.1. The molecule has 17 atom stereocenters. The van der Waals surface area contributed by atoms with Crippen LogP contribution >= 0.6 is 0 Å². The zero-order valence-corrected chi connectivity index (χ0v) is 58.9. The Balaban J connectivity index is 0.852. The Morgan fingerprint density at radius 1 is 0.660 bits per heavy atom. The number of rotatable bonds is 39. The van der Waals surface area contributed by atoms with Crippen molar-refractivity contribution in [2.45, 2.75) is 218 Å². The molecule has 4 fully saturated rings. The van der Waals surface area contributed by atoms with Gasteiger partial charge in [-0.1, -0.05) is 89.1 Å². The van der Waals surface area contributed by atoms with Crippen molar-refractivity contribution in [1.82, 2.24) is 52.9 Å². The van der Waals surface area contributed by atoms with E-state index in [9.17, 15) is 58.5 Å². The molecule has 1 aromatic heterocycles. The van der Waals surface area contributed by atoms with Gasteiger partial charge in [-0.15, -0.1) is 0 Å². The molecule has 4 saturated carbocycles. The number of carbonyl (C=O) groups excluding carboxylic acids is 9. The third kappa shape index (κ3) is 21.7. The zero-order valence-electron chi connectivity index (χ0n) is 58.9. The highest BCUT2D eigenvalue weighted by molar-refractivity contribution is 6.26.